The summed E-state index contributed by atoms with van der Waals surface area (Å²) < 4.78 is 66.1. The molecule has 0 bridgehead atoms. The zero-order valence-corrected chi connectivity index (χ0v) is 13.0. The van der Waals surface area contributed by atoms with Crippen LogP contribution < -0.4 is 10.5 Å². The molecule has 0 amide bonds. The number of halogens is 5. The van der Waals surface area contributed by atoms with Crippen molar-refractivity contribution in [1.82, 2.24) is 20.2 Å². The number of ether oxygens (including phenoxy) is 1. The van der Waals surface area contributed by atoms with Crippen LogP contribution in [-0.4, -0.2) is 44.6 Å². The number of nitrogen functional groups attached to an aromatic ring is 1. The maximum absolute atomic E-state index is 12.8. The van der Waals surface area contributed by atoms with Crippen molar-refractivity contribution in [3.05, 3.63) is 12.4 Å². The maximum atomic E-state index is 12.8. The van der Waals surface area contributed by atoms with E-state index in [4.69, 9.17) is 5.73 Å². The number of H-pyrrole nitrogens is 1. The van der Waals surface area contributed by atoms with Crippen LogP contribution in [0.4, 0.5) is 27.8 Å². The fourth-order valence-corrected chi connectivity index (χ4v) is 2.34. The monoisotopic (exact) mass is 369 g/mol. The minimum atomic E-state index is -5.70. The predicted octanol–water partition coefficient (Wildman–Crippen LogP) is 3.14. The van der Waals surface area contributed by atoms with E-state index in [-0.39, 0.29) is 11.5 Å². The second kappa shape index (κ2) is 6.79. The average molecular weight is 369 g/mol. The van der Waals surface area contributed by atoms with Crippen LogP contribution in [0.15, 0.2) is 17.4 Å². The van der Waals surface area contributed by atoms with Gasteiger partial charge in [0.1, 0.15) is 10.8 Å². The molecule has 0 saturated heterocycles. The van der Waals surface area contributed by atoms with Crippen molar-refractivity contribution < 1.29 is 26.7 Å². The molecule has 0 atom stereocenters. The number of thioether (sulfide) groups is 1. The number of nitrogens with one attached hydrogen (secondary N) is 1. The third-order valence-electron chi connectivity index (χ3n) is 2.74. The Morgan fingerprint density at radius 1 is 1.21 bits per heavy atom. The van der Waals surface area contributed by atoms with Crippen LogP contribution in [0, 0.1) is 0 Å². The average Bonchev–Trinajstić information content (AvgIpc) is 2.86. The quantitative estimate of drug-likeness (QED) is 0.601. The van der Waals surface area contributed by atoms with Gasteiger partial charge in [-0.15, -0.1) is 11.8 Å². The molecule has 2 heterocycles. The second-order valence-corrected chi connectivity index (χ2v) is 5.73. The highest BCUT2D eigenvalue weighted by molar-refractivity contribution is 7.99. The Bertz CT molecular complexity index is 688. The van der Waals surface area contributed by atoms with Crippen molar-refractivity contribution in [1.29, 1.82) is 0 Å². The Balaban J connectivity index is 2.13. The van der Waals surface area contributed by atoms with Crippen molar-refractivity contribution in [3.8, 4) is 17.1 Å². The number of rotatable bonds is 6. The first kappa shape index (κ1) is 18.2. The lowest BCUT2D eigenvalue weighted by Crippen LogP contribution is -2.41. The highest BCUT2D eigenvalue weighted by Crippen LogP contribution is 2.36. The lowest BCUT2D eigenvalue weighted by atomic mass is 10.2. The van der Waals surface area contributed by atoms with Crippen molar-refractivity contribution >= 4 is 17.6 Å². The molecular formula is C12H12F5N5OS. The molecule has 0 aliphatic carbocycles. The topological polar surface area (TPSA) is 89.7 Å². The van der Waals surface area contributed by atoms with E-state index in [1.807, 2.05) is 6.92 Å². The molecule has 0 aliphatic heterocycles. The first-order valence-electron chi connectivity index (χ1n) is 6.52. The summed E-state index contributed by atoms with van der Waals surface area (Å²) in [6.45, 7) is 0.0259. The predicted molar refractivity (Wildman–Crippen MR) is 76.9 cm³/mol. The van der Waals surface area contributed by atoms with Gasteiger partial charge in [0.05, 0.1) is 23.7 Å². The highest BCUT2D eigenvalue weighted by atomic mass is 32.2. The number of alkyl halides is 5. The molecule has 0 spiro atoms. The molecule has 0 unspecified atom stereocenters. The van der Waals surface area contributed by atoms with Crippen LogP contribution in [0.5, 0.6) is 5.88 Å². The minimum absolute atomic E-state index is 0.234. The molecule has 24 heavy (non-hydrogen) atoms. The molecule has 0 aliphatic rings. The van der Waals surface area contributed by atoms with Gasteiger partial charge in [0.25, 0.3) is 0 Å². The summed E-state index contributed by atoms with van der Waals surface area (Å²) in [5.74, 6) is -4.49. The summed E-state index contributed by atoms with van der Waals surface area (Å²) in [7, 11) is 0. The molecule has 12 heteroatoms. The van der Waals surface area contributed by atoms with Gasteiger partial charge >= 0.3 is 12.1 Å². The molecular weight excluding hydrogens is 357 g/mol. The van der Waals surface area contributed by atoms with Gasteiger partial charge in [-0.3, -0.25) is 5.10 Å². The standard InChI is InChI=1S/C12H12F5N5OS/c1-2-24-10-8(9(18)21-22-10)6-3-20-7(4-19-6)23-5-11(13,14)12(15,16)17/h3-4H,2,5H2,1H3,(H3,18,21,22). The summed E-state index contributed by atoms with van der Waals surface area (Å²) >= 11 is 1.39. The Kier molecular flexibility index (Phi) is 5.16. The van der Waals surface area contributed by atoms with Crippen LogP contribution in [-0.2, 0) is 0 Å². The molecule has 2 aromatic rings. The van der Waals surface area contributed by atoms with E-state index in [0.717, 1.165) is 18.1 Å². The largest absolute Gasteiger partial charge is 0.470 e. The van der Waals surface area contributed by atoms with E-state index < -0.39 is 24.6 Å². The van der Waals surface area contributed by atoms with Gasteiger partial charge in [0.2, 0.25) is 5.88 Å². The number of nitrogens with zero attached hydrogens (tertiary/aromatic N) is 3. The fraction of sp³-hybridized carbons (Fsp3) is 0.417. The van der Waals surface area contributed by atoms with Crippen LogP contribution in [0.1, 0.15) is 6.92 Å². The molecule has 6 nitrogen and oxygen atoms in total. The fourth-order valence-electron chi connectivity index (χ4n) is 1.59. The number of nitrogens with two attached hydrogens (primary N) is 1. The number of aromatic nitrogens is 4. The lowest BCUT2D eigenvalue weighted by Gasteiger charge is -2.19. The third kappa shape index (κ3) is 3.86. The number of hydrogen-bond donors (Lipinski definition) is 2. The molecule has 0 fully saturated rings. The van der Waals surface area contributed by atoms with E-state index in [2.05, 4.69) is 24.9 Å². The molecule has 0 saturated carbocycles. The van der Waals surface area contributed by atoms with Crippen molar-refractivity contribution in [3.63, 3.8) is 0 Å². The van der Waals surface area contributed by atoms with E-state index in [9.17, 15) is 22.0 Å². The zero-order chi connectivity index (χ0) is 18.0. The molecule has 2 aromatic heterocycles. The first-order chi connectivity index (χ1) is 11.2. The number of hydrogen-bond acceptors (Lipinski definition) is 6. The van der Waals surface area contributed by atoms with Gasteiger partial charge in [-0.1, -0.05) is 6.92 Å². The van der Waals surface area contributed by atoms with Gasteiger partial charge in [-0.05, 0) is 5.75 Å². The third-order valence-corrected chi connectivity index (χ3v) is 3.60. The Morgan fingerprint density at radius 3 is 2.46 bits per heavy atom. The van der Waals surface area contributed by atoms with Crippen LogP contribution in [0.3, 0.4) is 0 Å². The summed E-state index contributed by atoms with van der Waals surface area (Å²) in [6, 6.07) is 0. The smallest absolute Gasteiger partial charge is 0.456 e. The highest BCUT2D eigenvalue weighted by Gasteiger charge is 2.58. The van der Waals surface area contributed by atoms with Gasteiger partial charge < -0.3 is 10.5 Å². The molecule has 0 aromatic carbocycles. The van der Waals surface area contributed by atoms with Crippen LogP contribution in [0.2, 0.25) is 0 Å². The van der Waals surface area contributed by atoms with E-state index in [0.29, 0.717) is 10.6 Å². The Hall–Kier alpha value is -2.11. The molecule has 2 rings (SSSR count). The lowest BCUT2D eigenvalue weighted by molar-refractivity contribution is -0.290. The zero-order valence-electron chi connectivity index (χ0n) is 12.2. The SMILES string of the molecule is CCSc1n[nH]c(N)c1-c1cnc(OCC(F)(F)C(F)(F)F)cn1. The maximum Gasteiger partial charge on any atom is 0.456 e. The van der Waals surface area contributed by atoms with E-state index in [1.54, 1.807) is 0 Å². The van der Waals surface area contributed by atoms with Gasteiger partial charge in [-0.25, -0.2) is 9.97 Å². The van der Waals surface area contributed by atoms with Crippen molar-refractivity contribution in [2.45, 2.75) is 24.0 Å². The minimum Gasteiger partial charge on any atom is -0.470 e. The normalized spacial score (nSPS) is 12.4. The summed E-state index contributed by atoms with van der Waals surface area (Å²) in [6.07, 6.45) is -3.60. The molecule has 132 valence electrons. The molecule has 0 radical (unpaired) electrons. The Labute approximate surface area is 137 Å². The van der Waals surface area contributed by atoms with E-state index >= 15 is 0 Å². The van der Waals surface area contributed by atoms with Gasteiger partial charge in [0, 0.05) is 0 Å². The first-order valence-corrected chi connectivity index (χ1v) is 7.50. The van der Waals surface area contributed by atoms with Crippen LogP contribution >= 0.6 is 11.8 Å². The number of aromatic amines is 1. The molecule has 3 N–H and O–H groups in total. The van der Waals surface area contributed by atoms with Crippen molar-refractivity contribution in [2.24, 2.45) is 0 Å². The van der Waals surface area contributed by atoms with E-state index in [1.165, 1.54) is 11.8 Å². The second-order valence-electron chi connectivity index (χ2n) is 4.48. The van der Waals surface area contributed by atoms with Crippen molar-refractivity contribution in [2.75, 3.05) is 18.1 Å². The summed E-state index contributed by atoms with van der Waals surface area (Å²) in [5, 5.41) is 7.14. The summed E-state index contributed by atoms with van der Waals surface area (Å²) in [5.41, 5.74) is 6.51. The van der Waals surface area contributed by atoms with Gasteiger partial charge in [-0.2, -0.15) is 27.1 Å². The van der Waals surface area contributed by atoms with Crippen LogP contribution in [0.25, 0.3) is 11.3 Å². The Morgan fingerprint density at radius 2 is 1.92 bits per heavy atom. The number of anilines is 1. The van der Waals surface area contributed by atoms with Gasteiger partial charge in [0.15, 0.2) is 6.61 Å². The summed E-state index contributed by atoms with van der Waals surface area (Å²) in [4.78, 5) is 7.59.